The molecule has 0 bridgehead atoms. The van der Waals surface area contributed by atoms with Gasteiger partial charge in [-0.2, -0.15) is 5.10 Å². The Morgan fingerprint density at radius 3 is 2.83 bits per heavy atom. The molecule has 7 nitrogen and oxygen atoms in total. The van der Waals surface area contributed by atoms with E-state index in [1.165, 1.54) is 4.68 Å². The second kappa shape index (κ2) is 4.93. The van der Waals surface area contributed by atoms with Crippen LogP contribution in [0.15, 0.2) is 0 Å². The van der Waals surface area contributed by atoms with Gasteiger partial charge in [-0.1, -0.05) is 0 Å². The molecule has 1 heterocycles. The van der Waals surface area contributed by atoms with Gasteiger partial charge in [0.05, 0.1) is 11.0 Å². The SMILES string of the molecule is CCOC1CC(Nc2c([N+](=O)[O-])c(C)nn2C)C1. The molecule has 1 saturated carbocycles. The highest BCUT2D eigenvalue weighted by Gasteiger charge is 2.33. The zero-order valence-corrected chi connectivity index (χ0v) is 10.8. The summed E-state index contributed by atoms with van der Waals surface area (Å²) < 4.78 is 6.99. The monoisotopic (exact) mass is 254 g/mol. The van der Waals surface area contributed by atoms with Crippen molar-refractivity contribution in [3.63, 3.8) is 0 Å². The number of anilines is 1. The van der Waals surface area contributed by atoms with Crippen molar-refractivity contribution in [1.82, 2.24) is 9.78 Å². The van der Waals surface area contributed by atoms with Gasteiger partial charge in [-0.15, -0.1) is 0 Å². The van der Waals surface area contributed by atoms with Gasteiger partial charge in [-0.05, 0) is 26.7 Å². The van der Waals surface area contributed by atoms with Crippen LogP contribution in [0.25, 0.3) is 0 Å². The van der Waals surface area contributed by atoms with Crippen LogP contribution in [-0.4, -0.2) is 33.5 Å². The van der Waals surface area contributed by atoms with E-state index in [0.29, 0.717) is 18.1 Å². The van der Waals surface area contributed by atoms with Crippen molar-refractivity contribution < 1.29 is 9.66 Å². The highest BCUT2D eigenvalue weighted by molar-refractivity contribution is 5.60. The van der Waals surface area contributed by atoms with E-state index in [2.05, 4.69) is 10.4 Å². The van der Waals surface area contributed by atoms with Gasteiger partial charge < -0.3 is 10.1 Å². The lowest BCUT2D eigenvalue weighted by molar-refractivity contribution is -0.384. The summed E-state index contributed by atoms with van der Waals surface area (Å²) in [5.41, 5.74) is 0.503. The Bertz CT molecular complexity index is 451. The van der Waals surface area contributed by atoms with E-state index < -0.39 is 0 Å². The van der Waals surface area contributed by atoms with Gasteiger partial charge in [0, 0.05) is 19.7 Å². The fourth-order valence-corrected chi connectivity index (χ4v) is 2.28. The first-order valence-corrected chi connectivity index (χ1v) is 6.09. The molecule has 0 aliphatic heterocycles. The molecule has 1 aromatic rings. The van der Waals surface area contributed by atoms with Crippen LogP contribution in [-0.2, 0) is 11.8 Å². The molecule has 1 fully saturated rings. The van der Waals surface area contributed by atoms with Crippen LogP contribution < -0.4 is 5.32 Å². The smallest absolute Gasteiger partial charge is 0.333 e. The molecule has 0 saturated heterocycles. The highest BCUT2D eigenvalue weighted by atomic mass is 16.6. The molecule has 100 valence electrons. The van der Waals surface area contributed by atoms with E-state index in [-0.39, 0.29) is 22.8 Å². The molecule has 1 N–H and O–H groups in total. The van der Waals surface area contributed by atoms with Gasteiger partial charge in [0.25, 0.3) is 0 Å². The van der Waals surface area contributed by atoms with Crippen LogP contribution in [0, 0.1) is 17.0 Å². The normalized spacial score (nSPS) is 22.6. The van der Waals surface area contributed by atoms with Crippen molar-refractivity contribution in [1.29, 1.82) is 0 Å². The van der Waals surface area contributed by atoms with E-state index in [0.717, 1.165) is 12.8 Å². The highest BCUT2D eigenvalue weighted by Crippen LogP contribution is 2.32. The summed E-state index contributed by atoms with van der Waals surface area (Å²) in [5.74, 6) is 0.484. The molecule has 1 aliphatic rings. The standard InChI is InChI=1S/C11H18N4O3/c1-4-18-9-5-8(6-9)12-11-10(15(16)17)7(2)13-14(11)3/h8-9,12H,4-6H2,1-3H3. The zero-order valence-electron chi connectivity index (χ0n) is 10.8. The van der Waals surface area contributed by atoms with Crippen molar-refractivity contribution >= 4 is 11.5 Å². The molecule has 1 aliphatic carbocycles. The lowest BCUT2D eigenvalue weighted by Gasteiger charge is -2.35. The molecular weight excluding hydrogens is 236 g/mol. The van der Waals surface area contributed by atoms with Gasteiger partial charge in [0.15, 0.2) is 0 Å². The number of nitrogens with one attached hydrogen (secondary N) is 1. The third kappa shape index (κ3) is 2.31. The third-order valence-electron chi connectivity index (χ3n) is 3.21. The van der Waals surface area contributed by atoms with Crippen molar-refractivity contribution in [3.8, 4) is 0 Å². The van der Waals surface area contributed by atoms with Crippen LogP contribution in [0.1, 0.15) is 25.5 Å². The number of nitrogens with zero attached hydrogens (tertiary/aromatic N) is 3. The van der Waals surface area contributed by atoms with E-state index in [1.807, 2.05) is 6.92 Å². The number of ether oxygens (including phenoxy) is 1. The number of hydrogen-bond acceptors (Lipinski definition) is 5. The number of hydrogen-bond donors (Lipinski definition) is 1. The Hall–Kier alpha value is -1.63. The second-order valence-electron chi connectivity index (χ2n) is 4.55. The minimum Gasteiger partial charge on any atom is -0.378 e. The first-order chi connectivity index (χ1) is 8.52. The lowest BCUT2D eigenvalue weighted by Crippen LogP contribution is -2.41. The number of nitro groups is 1. The minimum absolute atomic E-state index is 0.0670. The maximum absolute atomic E-state index is 11.0. The van der Waals surface area contributed by atoms with Crippen LogP contribution >= 0.6 is 0 Å². The molecule has 1 aromatic heterocycles. The Morgan fingerprint density at radius 2 is 2.28 bits per heavy atom. The van der Waals surface area contributed by atoms with Crippen molar-refractivity contribution in [2.45, 2.75) is 38.8 Å². The van der Waals surface area contributed by atoms with Gasteiger partial charge in [0.2, 0.25) is 5.82 Å². The first kappa shape index (κ1) is 12.8. The fraction of sp³-hybridized carbons (Fsp3) is 0.727. The van der Waals surface area contributed by atoms with Crippen molar-refractivity contribution in [2.24, 2.45) is 7.05 Å². The average molecular weight is 254 g/mol. The number of aryl methyl sites for hydroxylation is 2. The Kier molecular flexibility index (Phi) is 3.51. The molecule has 18 heavy (non-hydrogen) atoms. The van der Waals surface area contributed by atoms with E-state index >= 15 is 0 Å². The molecule has 2 rings (SSSR count). The van der Waals surface area contributed by atoms with E-state index in [1.54, 1.807) is 14.0 Å². The van der Waals surface area contributed by atoms with Gasteiger partial charge in [0.1, 0.15) is 5.69 Å². The van der Waals surface area contributed by atoms with Crippen LogP contribution in [0.2, 0.25) is 0 Å². The minimum atomic E-state index is -0.386. The summed E-state index contributed by atoms with van der Waals surface area (Å²) in [6.07, 6.45) is 2.05. The van der Waals surface area contributed by atoms with Crippen LogP contribution in [0.5, 0.6) is 0 Å². The Labute approximate surface area is 105 Å². The molecular formula is C11H18N4O3. The average Bonchev–Trinajstić information content (AvgIpc) is 2.50. The summed E-state index contributed by atoms with van der Waals surface area (Å²) >= 11 is 0. The molecule has 0 atom stereocenters. The predicted molar refractivity (Wildman–Crippen MR) is 66.7 cm³/mol. The van der Waals surface area contributed by atoms with Crippen LogP contribution in [0.4, 0.5) is 11.5 Å². The third-order valence-corrected chi connectivity index (χ3v) is 3.21. The molecule has 0 radical (unpaired) electrons. The van der Waals surface area contributed by atoms with Crippen LogP contribution in [0.3, 0.4) is 0 Å². The maximum atomic E-state index is 11.0. The Balaban J connectivity index is 2.04. The summed E-state index contributed by atoms with van der Waals surface area (Å²) in [6, 6.07) is 0.232. The molecule has 7 heteroatoms. The maximum Gasteiger partial charge on any atom is 0.333 e. The van der Waals surface area contributed by atoms with Gasteiger partial charge >= 0.3 is 5.69 Å². The molecule has 0 amide bonds. The van der Waals surface area contributed by atoms with Crippen molar-refractivity contribution in [3.05, 3.63) is 15.8 Å². The topological polar surface area (TPSA) is 82.2 Å². The number of aromatic nitrogens is 2. The van der Waals surface area contributed by atoms with Crippen molar-refractivity contribution in [2.75, 3.05) is 11.9 Å². The molecule has 0 spiro atoms. The van der Waals surface area contributed by atoms with Gasteiger partial charge in [-0.3, -0.25) is 10.1 Å². The molecule has 0 unspecified atom stereocenters. The number of rotatable bonds is 5. The largest absolute Gasteiger partial charge is 0.378 e. The zero-order chi connectivity index (χ0) is 13.3. The van der Waals surface area contributed by atoms with Gasteiger partial charge in [-0.25, -0.2) is 4.68 Å². The first-order valence-electron chi connectivity index (χ1n) is 6.09. The lowest BCUT2D eigenvalue weighted by atomic mass is 9.89. The second-order valence-corrected chi connectivity index (χ2v) is 4.55. The summed E-state index contributed by atoms with van der Waals surface area (Å²) in [6.45, 7) is 4.32. The van der Waals surface area contributed by atoms with E-state index in [9.17, 15) is 10.1 Å². The quantitative estimate of drug-likeness (QED) is 0.637. The van der Waals surface area contributed by atoms with E-state index in [4.69, 9.17) is 4.74 Å². The predicted octanol–water partition coefficient (Wildman–Crippen LogP) is 1.62. The molecule has 0 aromatic carbocycles. The Morgan fingerprint density at radius 1 is 1.61 bits per heavy atom. The summed E-state index contributed by atoms with van der Waals surface area (Å²) in [4.78, 5) is 10.6. The fourth-order valence-electron chi connectivity index (χ4n) is 2.28. The summed E-state index contributed by atoms with van der Waals surface area (Å²) in [7, 11) is 1.71. The summed E-state index contributed by atoms with van der Waals surface area (Å²) in [5, 5.41) is 18.3.